The zero-order chi connectivity index (χ0) is 16.8. The van der Waals surface area contributed by atoms with Crippen LogP contribution in [0, 0.1) is 0 Å². The maximum atomic E-state index is 12.4. The molecule has 0 bridgehead atoms. The Kier molecular flexibility index (Phi) is 5.21. The molecule has 2 amide bonds. The second kappa shape index (κ2) is 7.73. The fourth-order valence-electron chi connectivity index (χ4n) is 2.81. The minimum Gasteiger partial charge on any atom is -0.494 e. The molecule has 0 atom stereocenters. The van der Waals surface area contributed by atoms with Crippen LogP contribution in [0.25, 0.3) is 0 Å². The van der Waals surface area contributed by atoms with Crippen molar-refractivity contribution in [2.75, 3.05) is 43.0 Å². The van der Waals surface area contributed by atoms with Crippen LogP contribution in [-0.2, 0) is 0 Å². The van der Waals surface area contributed by atoms with E-state index in [9.17, 15) is 4.79 Å². The molecule has 5 heteroatoms. The average Bonchev–Trinajstić information content (AvgIpc) is 2.64. The molecular formula is C19H23N3O2. The lowest BCUT2D eigenvalue weighted by Crippen LogP contribution is -2.50. The van der Waals surface area contributed by atoms with E-state index in [4.69, 9.17) is 4.74 Å². The van der Waals surface area contributed by atoms with E-state index in [1.165, 1.54) is 5.69 Å². The van der Waals surface area contributed by atoms with Crippen molar-refractivity contribution in [3.05, 3.63) is 54.6 Å². The Morgan fingerprint density at radius 1 is 1.00 bits per heavy atom. The first-order valence-electron chi connectivity index (χ1n) is 8.35. The number of carbonyl (C=O) groups excluding carboxylic acids is 1. The molecule has 0 aliphatic carbocycles. The number of anilines is 2. The largest absolute Gasteiger partial charge is 0.494 e. The van der Waals surface area contributed by atoms with Crippen LogP contribution in [0.15, 0.2) is 54.6 Å². The summed E-state index contributed by atoms with van der Waals surface area (Å²) in [5.74, 6) is 0.812. The lowest BCUT2D eigenvalue weighted by Gasteiger charge is -2.36. The Labute approximate surface area is 142 Å². The number of ether oxygens (including phenoxy) is 1. The lowest BCUT2D eigenvalue weighted by atomic mass is 10.2. The van der Waals surface area contributed by atoms with Crippen molar-refractivity contribution in [3.63, 3.8) is 0 Å². The molecule has 0 spiro atoms. The molecule has 0 saturated carbocycles. The molecule has 0 radical (unpaired) electrons. The summed E-state index contributed by atoms with van der Waals surface area (Å²) in [5.41, 5.74) is 2.00. The standard InChI is InChI=1S/C19H23N3O2/c1-2-24-18-10-8-16(9-11-18)20-19(23)22-14-12-21(13-15-22)17-6-4-3-5-7-17/h3-11H,2,12-15H2,1H3,(H,20,23). The highest BCUT2D eigenvalue weighted by Gasteiger charge is 2.21. The molecule has 0 aromatic heterocycles. The highest BCUT2D eigenvalue weighted by Crippen LogP contribution is 2.18. The Morgan fingerprint density at radius 3 is 2.29 bits per heavy atom. The maximum absolute atomic E-state index is 12.4. The Hall–Kier alpha value is -2.69. The van der Waals surface area contributed by atoms with Gasteiger partial charge in [-0.15, -0.1) is 0 Å². The fraction of sp³-hybridized carbons (Fsp3) is 0.316. The molecule has 24 heavy (non-hydrogen) atoms. The van der Waals surface area contributed by atoms with Gasteiger partial charge >= 0.3 is 6.03 Å². The van der Waals surface area contributed by atoms with Gasteiger partial charge in [0.25, 0.3) is 0 Å². The van der Waals surface area contributed by atoms with Gasteiger partial charge in [0.1, 0.15) is 5.75 Å². The van der Waals surface area contributed by atoms with Crippen molar-refractivity contribution in [2.24, 2.45) is 0 Å². The summed E-state index contributed by atoms with van der Waals surface area (Å²) in [6.07, 6.45) is 0. The van der Waals surface area contributed by atoms with E-state index < -0.39 is 0 Å². The number of carbonyl (C=O) groups is 1. The van der Waals surface area contributed by atoms with Crippen LogP contribution in [0.2, 0.25) is 0 Å². The minimum atomic E-state index is -0.0492. The van der Waals surface area contributed by atoms with Crippen LogP contribution >= 0.6 is 0 Å². The molecule has 2 aromatic rings. The first-order valence-corrected chi connectivity index (χ1v) is 8.35. The number of amides is 2. The first kappa shape index (κ1) is 16.2. The van der Waals surface area contributed by atoms with E-state index in [1.807, 2.05) is 54.3 Å². The van der Waals surface area contributed by atoms with Crippen molar-refractivity contribution >= 4 is 17.4 Å². The van der Waals surface area contributed by atoms with Crippen LogP contribution in [0.4, 0.5) is 16.2 Å². The number of hydrogen-bond donors (Lipinski definition) is 1. The van der Waals surface area contributed by atoms with Crippen LogP contribution in [-0.4, -0.2) is 43.7 Å². The minimum absolute atomic E-state index is 0.0492. The fourth-order valence-corrected chi connectivity index (χ4v) is 2.81. The van der Waals surface area contributed by atoms with Gasteiger partial charge in [-0.1, -0.05) is 18.2 Å². The predicted molar refractivity (Wildman–Crippen MR) is 96.9 cm³/mol. The number of para-hydroxylation sites is 1. The molecule has 5 nitrogen and oxygen atoms in total. The van der Waals surface area contributed by atoms with E-state index in [0.29, 0.717) is 6.61 Å². The molecule has 1 saturated heterocycles. The summed E-state index contributed by atoms with van der Waals surface area (Å²) >= 11 is 0. The van der Waals surface area contributed by atoms with E-state index in [1.54, 1.807) is 0 Å². The van der Waals surface area contributed by atoms with Gasteiger partial charge in [-0.2, -0.15) is 0 Å². The van der Waals surface area contributed by atoms with Gasteiger partial charge in [0, 0.05) is 37.6 Å². The zero-order valence-electron chi connectivity index (χ0n) is 13.9. The van der Waals surface area contributed by atoms with E-state index in [0.717, 1.165) is 37.6 Å². The summed E-state index contributed by atoms with van der Waals surface area (Å²) in [5, 5.41) is 2.95. The van der Waals surface area contributed by atoms with Crippen molar-refractivity contribution in [1.29, 1.82) is 0 Å². The maximum Gasteiger partial charge on any atom is 0.321 e. The van der Waals surface area contributed by atoms with Gasteiger partial charge in [0.15, 0.2) is 0 Å². The van der Waals surface area contributed by atoms with E-state index in [2.05, 4.69) is 22.3 Å². The number of nitrogens with zero attached hydrogens (tertiary/aromatic N) is 2. The summed E-state index contributed by atoms with van der Waals surface area (Å²) in [6, 6.07) is 17.7. The predicted octanol–water partition coefficient (Wildman–Crippen LogP) is 3.44. The second-order valence-corrected chi connectivity index (χ2v) is 5.70. The van der Waals surface area contributed by atoms with Gasteiger partial charge in [0.2, 0.25) is 0 Å². The quantitative estimate of drug-likeness (QED) is 0.936. The van der Waals surface area contributed by atoms with Crippen molar-refractivity contribution in [1.82, 2.24) is 4.90 Å². The molecule has 1 N–H and O–H groups in total. The number of nitrogens with one attached hydrogen (secondary N) is 1. The first-order chi connectivity index (χ1) is 11.8. The van der Waals surface area contributed by atoms with Gasteiger partial charge in [-0.05, 0) is 43.3 Å². The lowest BCUT2D eigenvalue weighted by molar-refractivity contribution is 0.208. The Morgan fingerprint density at radius 2 is 1.67 bits per heavy atom. The zero-order valence-corrected chi connectivity index (χ0v) is 13.9. The normalized spacial score (nSPS) is 14.4. The average molecular weight is 325 g/mol. The summed E-state index contributed by atoms with van der Waals surface area (Å²) in [4.78, 5) is 16.5. The SMILES string of the molecule is CCOc1ccc(NC(=O)N2CCN(c3ccccc3)CC2)cc1. The topological polar surface area (TPSA) is 44.8 Å². The smallest absolute Gasteiger partial charge is 0.321 e. The molecule has 1 aliphatic heterocycles. The van der Waals surface area contributed by atoms with E-state index in [-0.39, 0.29) is 6.03 Å². The molecule has 1 fully saturated rings. The van der Waals surface area contributed by atoms with Crippen molar-refractivity contribution in [3.8, 4) is 5.75 Å². The molecule has 1 heterocycles. The molecular weight excluding hydrogens is 302 g/mol. The number of urea groups is 1. The molecule has 3 rings (SSSR count). The monoisotopic (exact) mass is 325 g/mol. The van der Waals surface area contributed by atoms with Gasteiger partial charge in [0.05, 0.1) is 6.61 Å². The second-order valence-electron chi connectivity index (χ2n) is 5.70. The Bertz CT molecular complexity index is 650. The molecule has 1 aliphatic rings. The number of piperazine rings is 1. The van der Waals surface area contributed by atoms with Crippen LogP contribution in [0.1, 0.15) is 6.92 Å². The van der Waals surface area contributed by atoms with Crippen LogP contribution in [0.3, 0.4) is 0 Å². The molecule has 0 unspecified atom stereocenters. The number of benzene rings is 2. The highest BCUT2D eigenvalue weighted by molar-refractivity contribution is 5.89. The summed E-state index contributed by atoms with van der Waals surface area (Å²) < 4.78 is 5.41. The third-order valence-corrected chi connectivity index (χ3v) is 4.10. The molecule has 2 aromatic carbocycles. The third-order valence-electron chi connectivity index (χ3n) is 4.10. The summed E-state index contributed by atoms with van der Waals surface area (Å²) in [7, 11) is 0. The number of hydrogen-bond acceptors (Lipinski definition) is 3. The third kappa shape index (κ3) is 3.98. The molecule has 126 valence electrons. The number of rotatable bonds is 4. The highest BCUT2D eigenvalue weighted by atomic mass is 16.5. The summed E-state index contributed by atoms with van der Waals surface area (Å²) in [6.45, 7) is 5.72. The van der Waals surface area contributed by atoms with Gasteiger partial charge < -0.3 is 19.9 Å². The van der Waals surface area contributed by atoms with Gasteiger partial charge in [-0.25, -0.2) is 4.79 Å². The van der Waals surface area contributed by atoms with Crippen molar-refractivity contribution in [2.45, 2.75) is 6.92 Å². The van der Waals surface area contributed by atoms with Crippen LogP contribution < -0.4 is 15.0 Å². The van der Waals surface area contributed by atoms with E-state index >= 15 is 0 Å². The van der Waals surface area contributed by atoms with Crippen LogP contribution in [0.5, 0.6) is 5.75 Å². The Balaban J connectivity index is 1.51. The van der Waals surface area contributed by atoms with Gasteiger partial charge in [-0.3, -0.25) is 0 Å². The van der Waals surface area contributed by atoms with Crippen molar-refractivity contribution < 1.29 is 9.53 Å².